The third kappa shape index (κ3) is 2.54. The SMILES string of the molecule is O=C(O)C1CN(C(=O)c2ccco2)CC1c1ccccc1. The molecular weight excluding hydrogens is 270 g/mol. The molecule has 5 nitrogen and oxygen atoms in total. The lowest BCUT2D eigenvalue weighted by atomic mass is 9.89. The van der Waals surface area contributed by atoms with Gasteiger partial charge in [-0.25, -0.2) is 0 Å². The van der Waals surface area contributed by atoms with Crippen molar-refractivity contribution in [3.05, 3.63) is 60.1 Å². The van der Waals surface area contributed by atoms with E-state index >= 15 is 0 Å². The number of rotatable bonds is 3. The van der Waals surface area contributed by atoms with E-state index in [0.717, 1.165) is 5.56 Å². The Morgan fingerprint density at radius 2 is 1.86 bits per heavy atom. The van der Waals surface area contributed by atoms with Gasteiger partial charge in [0.2, 0.25) is 0 Å². The van der Waals surface area contributed by atoms with Crippen molar-refractivity contribution in [3.63, 3.8) is 0 Å². The Morgan fingerprint density at radius 3 is 2.48 bits per heavy atom. The summed E-state index contributed by atoms with van der Waals surface area (Å²) in [5, 5.41) is 9.41. The Balaban J connectivity index is 1.85. The van der Waals surface area contributed by atoms with Crippen LogP contribution in [0.3, 0.4) is 0 Å². The minimum absolute atomic E-state index is 0.192. The molecule has 0 aliphatic carbocycles. The summed E-state index contributed by atoms with van der Waals surface area (Å²) in [4.78, 5) is 25.3. The van der Waals surface area contributed by atoms with Crippen LogP contribution in [0.4, 0.5) is 0 Å². The van der Waals surface area contributed by atoms with Gasteiger partial charge in [-0.1, -0.05) is 30.3 Å². The number of aliphatic carboxylic acids is 1. The predicted octanol–water partition coefficient (Wildman–Crippen LogP) is 2.22. The number of hydrogen-bond donors (Lipinski definition) is 1. The van der Waals surface area contributed by atoms with Gasteiger partial charge in [-0.3, -0.25) is 9.59 Å². The van der Waals surface area contributed by atoms with E-state index in [-0.39, 0.29) is 24.1 Å². The van der Waals surface area contributed by atoms with Gasteiger partial charge in [0.1, 0.15) is 0 Å². The molecule has 1 saturated heterocycles. The summed E-state index contributed by atoms with van der Waals surface area (Å²) in [5.41, 5.74) is 0.944. The number of carbonyl (C=O) groups is 2. The van der Waals surface area contributed by atoms with Crippen molar-refractivity contribution in [1.29, 1.82) is 0 Å². The summed E-state index contributed by atoms with van der Waals surface area (Å²) in [6.45, 7) is 0.592. The molecule has 1 aliphatic heterocycles. The number of amides is 1. The van der Waals surface area contributed by atoms with Gasteiger partial charge in [-0.15, -0.1) is 0 Å². The average Bonchev–Trinajstić information content (AvgIpc) is 3.17. The van der Waals surface area contributed by atoms with Crippen molar-refractivity contribution >= 4 is 11.9 Å². The molecule has 1 aromatic heterocycles. The van der Waals surface area contributed by atoms with Crippen LogP contribution in [0, 0.1) is 5.92 Å². The normalized spacial score (nSPS) is 21.4. The molecule has 108 valence electrons. The number of benzene rings is 1. The quantitative estimate of drug-likeness (QED) is 0.938. The first-order valence-electron chi connectivity index (χ1n) is 6.77. The Hall–Kier alpha value is -2.56. The molecule has 1 aromatic carbocycles. The second-order valence-corrected chi connectivity index (χ2v) is 5.15. The summed E-state index contributed by atoms with van der Waals surface area (Å²) in [6.07, 6.45) is 1.44. The van der Waals surface area contributed by atoms with Crippen molar-refractivity contribution in [2.24, 2.45) is 5.92 Å². The molecule has 2 atom stereocenters. The lowest BCUT2D eigenvalue weighted by molar-refractivity contribution is -0.141. The summed E-state index contributed by atoms with van der Waals surface area (Å²) in [7, 11) is 0. The fraction of sp³-hybridized carbons (Fsp3) is 0.250. The molecule has 1 fully saturated rings. The standard InChI is InChI=1S/C16H15NO4/c18-15(14-7-4-8-21-14)17-9-12(13(10-17)16(19)20)11-5-2-1-3-6-11/h1-8,12-13H,9-10H2,(H,19,20). The highest BCUT2D eigenvalue weighted by molar-refractivity contribution is 5.92. The van der Waals surface area contributed by atoms with Gasteiger partial charge in [0.25, 0.3) is 5.91 Å². The molecule has 21 heavy (non-hydrogen) atoms. The van der Waals surface area contributed by atoms with E-state index < -0.39 is 11.9 Å². The third-order valence-corrected chi connectivity index (χ3v) is 3.88. The lowest BCUT2D eigenvalue weighted by Gasteiger charge is -2.15. The molecule has 1 amide bonds. The highest BCUT2D eigenvalue weighted by Crippen LogP contribution is 2.33. The van der Waals surface area contributed by atoms with E-state index in [0.29, 0.717) is 6.54 Å². The highest BCUT2D eigenvalue weighted by atomic mass is 16.4. The van der Waals surface area contributed by atoms with Crippen molar-refractivity contribution in [1.82, 2.24) is 4.90 Å². The van der Waals surface area contributed by atoms with Crippen molar-refractivity contribution < 1.29 is 19.1 Å². The van der Waals surface area contributed by atoms with Crippen LogP contribution >= 0.6 is 0 Å². The Kier molecular flexibility index (Phi) is 3.48. The minimum Gasteiger partial charge on any atom is -0.481 e. The van der Waals surface area contributed by atoms with E-state index in [1.54, 1.807) is 17.0 Å². The smallest absolute Gasteiger partial charge is 0.308 e. The first-order valence-corrected chi connectivity index (χ1v) is 6.77. The van der Waals surface area contributed by atoms with E-state index in [1.165, 1.54) is 6.26 Å². The molecule has 2 unspecified atom stereocenters. The topological polar surface area (TPSA) is 70.8 Å². The summed E-state index contributed by atoms with van der Waals surface area (Å²) < 4.78 is 5.11. The van der Waals surface area contributed by atoms with Gasteiger partial charge in [-0.05, 0) is 17.7 Å². The Bertz CT molecular complexity index is 636. The van der Waals surface area contributed by atoms with Gasteiger partial charge in [0.05, 0.1) is 12.2 Å². The zero-order valence-corrected chi connectivity index (χ0v) is 11.3. The summed E-state index contributed by atoms with van der Waals surface area (Å²) in [5.74, 6) is -1.68. The first kappa shape index (κ1) is 13.4. The van der Waals surface area contributed by atoms with Crippen molar-refractivity contribution in [2.75, 3.05) is 13.1 Å². The molecule has 2 aromatic rings. The molecule has 0 spiro atoms. The molecular formula is C16H15NO4. The van der Waals surface area contributed by atoms with Crippen LogP contribution in [0.5, 0.6) is 0 Å². The van der Waals surface area contributed by atoms with Gasteiger partial charge < -0.3 is 14.4 Å². The number of carbonyl (C=O) groups excluding carboxylic acids is 1. The van der Waals surface area contributed by atoms with E-state index in [4.69, 9.17) is 4.42 Å². The Labute approximate surface area is 121 Å². The molecule has 0 saturated carbocycles. The highest BCUT2D eigenvalue weighted by Gasteiger charge is 2.41. The summed E-state index contributed by atoms with van der Waals surface area (Å²) >= 11 is 0. The van der Waals surface area contributed by atoms with Crippen LogP contribution in [0.2, 0.25) is 0 Å². The fourth-order valence-corrected chi connectivity index (χ4v) is 2.81. The molecule has 3 rings (SSSR count). The number of carboxylic acid groups (broad SMARTS) is 1. The summed E-state index contributed by atoms with van der Waals surface area (Å²) in [6, 6.07) is 12.7. The number of furan rings is 1. The van der Waals surface area contributed by atoms with Crippen LogP contribution < -0.4 is 0 Å². The number of nitrogens with zero attached hydrogens (tertiary/aromatic N) is 1. The molecule has 1 N–H and O–H groups in total. The molecule has 5 heteroatoms. The number of hydrogen-bond acceptors (Lipinski definition) is 3. The maximum atomic E-state index is 12.3. The fourth-order valence-electron chi connectivity index (χ4n) is 2.81. The second kappa shape index (κ2) is 5.44. The average molecular weight is 285 g/mol. The van der Waals surface area contributed by atoms with Crippen LogP contribution in [0.25, 0.3) is 0 Å². The van der Waals surface area contributed by atoms with Crippen LogP contribution in [-0.4, -0.2) is 35.0 Å². The van der Waals surface area contributed by atoms with Crippen LogP contribution in [0.15, 0.2) is 53.1 Å². The van der Waals surface area contributed by atoms with E-state index in [9.17, 15) is 14.7 Å². The predicted molar refractivity (Wildman–Crippen MR) is 74.9 cm³/mol. The second-order valence-electron chi connectivity index (χ2n) is 5.15. The third-order valence-electron chi connectivity index (χ3n) is 3.88. The number of likely N-dealkylation sites (tertiary alicyclic amines) is 1. The van der Waals surface area contributed by atoms with Crippen LogP contribution in [0.1, 0.15) is 22.0 Å². The molecule has 0 radical (unpaired) electrons. The van der Waals surface area contributed by atoms with Crippen molar-refractivity contribution in [3.8, 4) is 0 Å². The molecule has 1 aliphatic rings. The Morgan fingerprint density at radius 1 is 1.10 bits per heavy atom. The van der Waals surface area contributed by atoms with Crippen molar-refractivity contribution in [2.45, 2.75) is 5.92 Å². The van der Waals surface area contributed by atoms with Crippen LogP contribution in [-0.2, 0) is 4.79 Å². The zero-order chi connectivity index (χ0) is 14.8. The van der Waals surface area contributed by atoms with Gasteiger partial charge >= 0.3 is 5.97 Å². The maximum absolute atomic E-state index is 12.3. The van der Waals surface area contributed by atoms with Gasteiger partial charge in [0, 0.05) is 19.0 Å². The van der Waals surface area contributed by atoms with E-state index in [1.807, 2.05) is 30.3 Å². The minimum atomic E-state index is -0.876. The largest absolute Gasteiger partial charge is 0.481 e. The van der Waals surface area contributed by atoms with Gasteiger partial charge in [-0.2, -0.15) is 0 Å². The first-order chi connectivity index (χ1) is 10.2. The maximum Gasteiger partial charge on any atom is 0.308 e. The molecule has 2 heterocycles. The van der Waals surface area contributed by atoms with E-state index in [2.05, 4.69) is 0 Å². The lowest BCUT2D eigenvalue weighted by Crippen LogP contribution is -2.29. The molecule has 0 bridgehead atoms. The number of carboxylic acids is 1. The van der Waals surface area contributed by atoms with Gasteiger partial charge in [0.15, 0.2) is 5.76 Å². The zero-order valence-electron chi connectivity index (χ0n) is 11.3. The monoisotopic (exact) mass is 285 g/mol.